The molecule has 0 aromatic heterocycles. The van der Waals surface area contributed by atoms with Gasteiger partial charge in [-0.3, -0.25) is 9.59 Å². The third kappa shape index (κ3) is 5.29. The van der Waals surface area contributed by atoms with Crippen molar-refractivity contribution in [2.75, 3.05) is 44.2 Å². The molecule has 2 fully saturated rings. The molecule has 2 aromatic rings. The van der Waals surface area contributed by atoms with Crippen LogP contribution in [-0.4, -0.2) is 60.9 Å². The fraction of sp³-hybridized carbons (Fsp3) is 0.417. The quantitative estimate of drug-likeness (QED) is 0.646. The average Bonchev–Trinajstić information content (AvgIpc) is 2.83. The van der Waals surface area contributed by atoms with Gasteiger partial charge in [-0.1, -0.05) is 12.1 Å². The summed E-state index contributed by atoms with van der Waals surface area (Å²) in [6.45, 7) is 2.66. The first-order chi connectivity index (χ1) is 15.7. The Labute approximate surface area is 189 Å². The molecule has 0 aliphatic carbocycles. The highest BCUT2D eigenvalue weighted by molar-refractivity contribution is 5.94. The second-order valence-corrected chi connectivity index (χ2v) is 8.44. The lowest BCUT2D eigenvalue weighted by Gasteiger charge is -2.39. The molecule has 2 aromatic carbocycles. The van der Waals surface area contributed by atoms with E-state index in [4.69, 9.17) is 0 Å². The Bertz CT molecular complexity index is 1010. The lowest BCUT2D eigenvalue weighted by Crippen LogP contribution is -2.52. The van der Waals surface area contributed by atoms with E-state index in [0.29, 0.717) is 63.4 Å². The van der Waals surface area contributed by atoms with Gasteiger partial charge in [-0.05, 0) is 49.2 Å². The molecule has 0 bridgehead atoms. The van der Waals surface area contributed by atoms with E-state index < -0.39 is 17.6 Å². The standard InChI is InChI=1S/C24H25F4N3O2/c25-20-5-1-3-18(15-20)23(33)30-9-7-17(8-10-30)22(32)31-13-11-29(12-14-31)21-6-2-4-19(16-21)24(26,27)28/h1-6,15-17H,7-14H2. The molecule has 2 heterocycles. The van der Waals surface area contributed by atoms with Gasteiger partial charge in [-0.25, -0.2) is 4.39 Å². The lowest BCUT2D eigenvalue weighted by atomic mass is 9.94. The number of nitrogens with zero attached hydrogens (tertiary/aromatic N) is 3. The largest absolute Gasteiger partial charge is 0.416 e. The van der Waals surface area contributed by atoms with Crippen molar-refractivity contribution in [3.8, 4) is 0 Å². The van der Waals surface area contributed by atoms with Crippen molar-refractivity contribution in [2.24, 2.45) is 5.92 Å². The highest BCUT2D eigenvalue weighted by atomic mass is 19.4. The Balaban J connectivity index is 1.29. The smallest absolute Gasteiger partial charge is 0.368 e. The van der Waals surface area contributed by atoms with Crippen molar-refractivity contribution < 1.29 is 27.2 Å². The lowest BCUT2D eigenvalue weighted by molar-refractivity contribution is -0.138. The van der Waals surface area contributed by atoms with Crippen molar-refractivity contribution in [2.45, 2.75) is 19.0 Å². The van der Waals surface area contributed by atoms with Crippen LogP contribution in [0.5, 0.6) is 0 Å². The first kappa shape index (κ1) is 23.1. The van der Waals surface area contributed by atoms with Gasteiger partial charge >= 0.3 is 6.18 Å². The van der Waals surface area contributed by atoms with Gasteiger partial charge in [0.25, 0.3) is 5.91 Å². The van der Waals surface area contributed by atoms with Gasteiger partial charge in [0.1, 0.15) is 5.82 Å². The molecule has 4 rings (SSSR count). The molecule has 0 unspecified atom stereocenters. The highest BCUT2D eigenvalue weighted by Gasteiger charge is 2.33. The van der Waals surface area contributed by atoms with E-state index in [2.05, 4.69) is 0 Å². The molecule has 2 aliphatic heterocycles. The van der Waals surface area contributed by atoms with Crippen LogP contribution < -0.4 is 4.90 Å². The molecule has 2 saturated heterocycles. The summed E-state index contributed by atoms with van der Waals surface area (Å²) in [6.07, 6.45) is -3.32. The predicted octanol–water partition coefficient (Wildman–Crippen LogP) is 4.05. The van der Waals surface area contributed by atoms with Crippen molar-refractivity contribution in [1.82, 2.24) is 9.80 Å². The predicted molar refractivity (Wildman–Crippen MR) is 115 cm³/mol. The van der Waals surface area contributed by atoms with Crippen molar-refractivity contribution in [3.63, 3.8) is 0 Å². The summed E-state index contributed by atoms with van der Waals surface area (Å²) >= 11 is 0. The zero-order chi connectivity index (χ0) is 23.6. The number of hydrogen-bond acceptors (Lipinski definition) is 3. The fourth-order valence-electron chi connectivity index (χ4n) is 4.46. The Kier molecular flexibility index (Phi) is 6.58. The van der Waals surface area contributed by atoms with E-state index in [1.807, 2.05) is 4.90 Å². The number of halogens is 4. The summed E-state index contributed by atoms with van der Waals surface area (Å²) in [5, 5.41) is 0. The van der Waals surface area contributed by atoms with Crippen molar-refractivity contribution >= 4 is 17.5 Å². The molecular formula is C24H25F4N3O2. The molecule has 176 valence electrons. The molecular weight excluding hydrogens is 438 g/mol. The van der Waals surface area contributed by atoms with E-state index >= 15 is 0 Å². The summed E-state index contributed by atoms with van der Waals surface area (Å²) in [4.78, 5) is 30.8. The second-order valence-electron chi connectivity index (χ2n) is 8.44. The molecule has 5 nitrogen and oxygen atoms in total. The molecule has 33 heavy (non-hydrogen) atoms. The van der Waals surface area contributed by atoms with Gasteiger partial charge in [0.05, 0.1) is 5.56 Å². The molecule has 0 radical (unpaired) electrons. The number of benzene rings is 2. The minimum Gasteiger partial charge on any atom is -0.368 e. The molecule has 0 atom stereocenters. The summed E-state index contributed by atoms with van der Waals surface area (Å²) in [5.41, 5.74) is 0.115. The summed E-state index contributed by atoms with van der Waals surface area (Å²) < 4.78 is 52.4. The Morgan fingerprint density at radius 2 is 1.48 bits per heavy atom. The maximum absolute atomic E-state index is 13.4. The molecule has 0 spiro atoms. The number of carbonyl (C=O) groups excluding carboxylic acids is 2. The number of hydrogen-bond donors (Lipinski definition) is 0. The number of rotatable bonds is 3. The number of piperazine rings is 1. The third-order valence-corrected chi connectivity index (χ3v) is 6.33. The van der Waals surface area contributed by atoms with Crippen LogP contribution in [0.15, 0.2) is 48.5 Å². The number of likely N-dealkylation sites (tertiary alicyclic amines) is 1. The topological polar surface area (TPSA) is 43.9 Å². The Hall–Kier alpha value is -3.10. The minimum atomic E-state index is -4.39. The van der Waals surface area contributed by atoms with E-state index in [0.717, 1.165) is 12.1 Å². The molecule has 0 N–H and O–H groups in total. The monoisotopic (exact) mass is 463 g/mol. The minimum absolute atomic E-state index is 0.0246. The normalized spacial score (nSPS) is 17.9. The first-order valence-corrected chi connectivity index (χ1v) is 11.0. The van der Waals surface area contributed by atoms with E-state index in [-0.39, 0.29) is 17.7 Å². The third-order valence-electron chi connectivity index (χ3n) is 6.33. The van der Waals surface area contributed by atoms with Gasteiger partial charge in [0.2, 0.25) is 5.91 Å². The van der Waals surface area contributed by atoms with Gasteiger partial charge in [0, 0.05) is 56.4 Å². The van der Waals surface area contributed by atoms with E-state index in [9.17, 15) is 27.2 Å². The number of amides is 2. The zero-order valence-electron chi connectivity index (χ0n) is 18.0. The molecule has 2 amide bonds. The number of anilines is 1. The zero-order valence-corrected chi connectivity index (χ0v) is 18.0. The van der Waals surface area contributed by atoms with Crippen LogP contribution in [0.1, 0.15) is 28.8 Å². The number of piperidine rings is 1. The number of carbonyl (C=O) groups is 2. The van der Waals surface area contributed by atoms with Gasteiger partial charge in [-0.2, -0.15) is 13.2 Å². The second kappa shape index (κ2) is 9.41. The molecule has 0 saturated carbocycles. The maximum Gasteiger partial charge on any atom is 0.416 e. The first-order valence-electron chi connectivity index (χ1n) is 11.0. The summed E-state index contributed by atoms with van der Waals surface area (Å²) in [7, 11) is 0. The average molecular weight is 463 g/mol. The van der Waals surface area contributed by atoms with Crippen LogP contribution in [0, 0.1) is 11.7 Å². The summed E-state index contributed by atoms with van der Waals surface area (Å²) in [6, 6.07) is 10.8. The van der Waals surface area contributed by atoms with Crippen molar-refractivity contribution in [3.05, 3.63) is 65.5 Å². The van der Waals surface area contributed by atoms with E-state index in [1.54, 1.807) is 21.9 Å². The van der Waals surface area contributed by atoms with Crippen molar-refractivity contribution in [1.29, 1.82) is 0 Å². The maximum atomic E-state index is 13.4. The van der Waals surface area contributed by atoms with Gasteiger partial charge in [0.15, 0.2) is 0 Å². The number of alkyl halides is 3. The highest BCUT2D eigenvalue weighted by Crippen LogP contribution is 2.32. The van der Waals surface area contributed by atoms with Crippen LogP contribution in [0.25, 0.3) is 0 Å². The Morgan fingerprint density at radius 3 is 2.12 bits per heavy atom. The molecule has 9 heteroatoms. The SMILES string of the molecule is O=C(c1cccc(F)c1)N1CCC(C(=O)N2CCN(c3cccc(C(F)(F)F)c3)CC2)CC1. The summed E-state index contributed by atoms with van der Waals surface area (Å²) in [5.74, 6) is -0.872. The van der Waals surface area contributed by atoms with Crippen LogP contribution in [0.4, 0.5) is 23.2 Å². The van der Waals surface area contributed by atoms with E-state index in [1.165, 1.54) is 24.3 Å². The van der Waals surface area contributed by atoms with Crippen LogP contribution in [0.2, 0.25) is 0 Å². The van der Waals surface area contributed by atoms with Crippen LogP contribution >= 0.6 is 0 Å². The Morgan fingerprint density at radius 1 is 0.818 bits per heavy atom. The van der Waals surface area contributed by atoms with Crippen LogP contribution in [-0.2, 0) is 11.0 Å². The van der Waals surface area contributed by atoms with Gasteiger partial charge < -0.3 is 14.7 Å². The fourth-order valence-corrected chi connectivity index (χ4v) is 4.46. The molecule has 2 aliphatic rings. The van der Waals surface area contributed by atoms with Crippen LogP contribution in [0.3, 0.4) is 0 Å². The van der Waals surface area contributed by atoms with Gasteiger partial charge in [-0.15, -0.1) is 0 Å².